The fraction of sp³-hybridized carbons (Fsp3) is 0.556. The monoisotopic (exact) mass is 509 g/mol. The van der Waals surface area contributed by atoms with Crippen LogP contribution in [0.4, 0.5) is 16.4 Å². The lowest BCUT2D eigenvalue weighted by atomic mass is 9.84. The van der Waals surface area contributed by atoms with Gasteiger partial charge in [-0.25, -0.2) is 14.4 Å². The van der Waals surface area contributed by atoms with Gasteiger partial charge in [0.05, 0.1) is 19.0 Å². The highest BCUT2D eigenvalue weighted by Gasteiger charge is 2.34. The summed E-state index contributed by atoms with van der Waals surface area (Å²) in [5.74, 6) is 2.90. The SMILES string of the molecule is CCc1noc(N2CCC([C@H](C)CCOc3cnc(N4C[C@@H](N)[C@H](c5ccccc5F)C4)nc3)CC2)n1. The molecule has 3 aromatic rings. The van der Waals surface area contributed by atoms with Crippen molar-refractivity contribution in [1.29, 1.82) is 0 Å². The molecule has 2 aliphatic rings. The van der Waals surface area contributed by atoms with E-state index in [1.165, 1.54) is 6.07 Å². The number of hydrogen-bond donors (Lipinski definition) is 1. The van der Waals surface area contributed by atoms with Crippen molar-refractivity contribution >= 4 is 12.0 Å². The second-order valence-electron chi connectivity index (χ2n) is 10.2. The van der Waals surface area contributed by atoms with Gasteiger partial charge in [0.1, 0.15) is 5.82 Å². The van der Waals surface area contributed by atoms with Crippen LogP contribution in [0.1, 0.15) is 50.4 Å². The van der Waals surface area contributed by atoms with Crippen molar-refractivity contribution in [2.75, 3.05) is 42.6 Å². The molecule has 3 atom stereocenters. The van der Waals surface area contributed by atoms with Gasteiger partial charge in [0.25, 0.3) is 0 Å². The number of rotatable bonds is 9. The van der Waals surface area contributed by atoms with Gasteiger partial charge in [0.2, 0.25) is 5.95 Å². The zero-order chi connectivity index (χ0) is 25.8. The van der Waals surface area contributed by atoms with Crippen molar-refractivity contribution in [3.8, 4) is 5.75 Å². The Kier molecular flexibility index (Phi) is 7.83. The van der Waals surface area contributed by atoms with E-state index < -0.39 is 0 Å². The zero-order valence-electron chi connectivity index (χ0n) is 21.6. The molecular formula is C27H36FN7O2. The van der Waals surface area contributed by atoms with E-state index in [0.29, 0.717) is 54.8 Å². The molecule has 37 heavy (non-hydrogen) atoms. The molecule has 9 nitrogen and oxygen atoms in total. The Morgan fingerprint density at radius 2 is 1.89 bits per heavy atom. The van der Waals surface area contributed by atoms with Crippen LogP contribution >= 0.6 is 0 Å². The minimum atomic E-state index is -0.216. The molecule has 5 rings (SSSR count). The number of aryl methyl sites for hydroxylation is 1. The molecule has 0 unspecified atom stereocenters. The van der Waals surface area contributed by atoms with E-state index in [2.05, 4.69) is 31.9 Å². The fourth-order valence-electron chi connectivity index (χ4n) is 5.42. The highest BCUT2D eigenvalue weighted by Crippen LogP contribution is 2.31. The van der Waals surface area contributed by atoms with Crippen LogP contribution in [0.3, 0.4) is 0 Å². The maximum Gasteiger partial charge on any atom is 0.324 e. The van der Waals surface area contributed by atoms with Crippen LogP contribution in [-0.4, -0.2) is 58.9 Å². The quantitative estimate of drug-likeness (QED) is 0.461. The highest BCUT2D eigenvalue weighted by atomic mass is 19.1. The summed E-state index contributed by atoms with van der Waals surface area (Å²) >= 11 is 0. The van der Waals surface area contributed by atoms with Crippen LogP contribution in [0.5, 0.6) is 5.75 Å². The molecule has 0 radical (unpaired) electrons. The van der Waals surface area contributed by atoms with Crippen LogP contribution in [0.25, 0.3) is 0 Å². The number of piperidine rings is 1. The molecular weight excluding hydrogens is 473 g/mol. The summed E-state index contributed by atoms with van der Waals surface area (Å²) in [5.41, 5.74) is 6.99. The Morgan fingerprint density at radius 1 is 1.14 bits per heavy atom. The van der Waals surface area contributed by atoms with E-state index in [9.17, 15) is 4.39 Å². The molecule has 4 heterocycles. The first-order chi connectivity index (χ1) is 18.0. The normalized spacial score (nSPS) is 21.4. The molecule has 2 aromatic heterocycles. The van der Waals surface area contributed by atoms with Gasteiger partial charge in [-0.3, -0.25) is 0 Å². The predicted molar refractivity (Wildman–Crippen MR) is 139 cm³/mol. The summed E-state index contributed by atoms with van der Waals surface area (Å²) in [4.78, 5) is 17.6. The number of nitrogens with zero attached hydrogens (tertiary/aromatic N) is 6. The first-order valence-electron chi connectivity index (χ1n) is 13.3. The smallest absolute Gasteiger partial charge is 0.324 e. The number of benzene rings is 1. The Bertz CT molecular complexity index is 1150. The number of nitrogens with two attached hydrogens (primary N) is 1. The second kappa shape index (κ2) is 11.4. The second-order valence-corrected chi connectivity index (χ2v) is 10.2. The van der Waals surface area contributed by atoms with Crippen LogP contribution in [-0.2, 0) is 6.42 Å². The maximum atomic E-state index is 14.3. The van der Waals surface area contributed by atoms with Gasteiger partial charge in [-0.2, -0.15) is 4.98 Å². The van der Waals surface area contributed by atoms with Gasteiger partial charge in [-0.05, 0) is 42.7 Å². The van der Waals surface area contributed by atoms with Gasteiger partial charge < -0.3 is 24.8 Å². The number of aromatic nitrogens is 4. The molecule has 2 saturated heterocycles. The van der Waals surface area contributed by atoms with Crippen molar-refractivity contribution in [2.24, 2.45) is 17.6 Å². The largest absolute Gasteiger partial charge is 0.490 e. The summed E-state index contributed by atoms with van der Waals surface area (Å²) in [7, 11) is 0. The number of ether oxygens (including phenoxy) is 1. The van der Waals surface area contributed by atoms with E-state index in [0.717, 1.165) is 44.6 Å². The number of halogens is 1. The lowest BCUT2D eigenvalue weighted by Gasteiger charge is -2.33. The molecule has 2 N–H and O–H groups in total. The summed E-state index contributed by atoms with van der Waals surface area (Å²) < 4.78 is 25.6. The van der Waals surface area contributed by atoms with Crippen molar-refractivity contribution in [3.63, 3.8) is 0 Å². The lowest BCUT2D eigenvalue weighted by molar-refractivity contribution is 0.219. The molecule has 10 heteroatoms. The van der Waals surface area contributed by atoms with Crippen LogP contribution in [0.15, 0.2) is 41.2 Å². The predicted octanol–water partition coefficient (Wildman–Crippen LogP) is 3.81. The summed E-state index contributed by atoms with van der Waals surface area (Å²) in [6, 6.07) is 7.30. The number of hydrogen-bond acceptors (Lipinski definition) is 9. The van der Waals surface area contributed by atoms with Crippen molar-refractivity contribution in [3.05, 3.63) is 53.9 Å². The molecule has 2 aliphatic heterocycles. The fourth-order valence-corrected chi connectivity index (χ4v) is 5.42. The minimum Gasteiger partial charge on any atom is -0.490 e. The molecule has 0 aliphatic carbocycles. The van der Waals surface area contributed by atoms with E-state index in [-0.39, 0.29) is 17.8 Å². The molecule has 0 amide bonds. The van der Waals surface area contributed by atoms with Gasteiger partial charge in [0.15, 0.2) is 11.6 Å². The average Bonchev–Trinajstić information content (AvgIpc) is 3.56. The van der Waals surface area contributed by atoms with E-state index in [1.807, 2.05) is 17.9 Å². The Morgan fingerprint density at radius 3 is 2.59 bits per heavy atom. The summed E-state index contributed by atoms with van der Waals surface area (Å²) in [6.07, 6.45) is 7.39. The Hall–Kier alpha value is -3.27. The standard InChI is InChI=1S/C27H36FN7O2/c1-3-25-32-27(37-33-25)34-11-8-19(9-12-34)18(2)10-13-36-20-14-30-26(31-15-20)35-16-22(24(29)17-35)21-6-4-5-7-23(21)28/h4-7,14-15,18-19,22,24H,3,8-13,16-17,29H2,1-2H3/t18-,22+,24-/m1/s1. The highest BCUT2D eigenvalue weighted by molar-refractivity contribution is 5.38. The van der Waals surface area contributed by atoms with E-state index >= 15 is 0 Å². The first-order valence-corrected chi connectivity index (χ1v) is 13.3. The minimum absolute atomic E-state index is 0.0881. The van der Waals surface area contributed by atoms with Crippen LogP contribution in [0, 0.1) is 17.7 Å². The van der Waals surface area contributed by atoms with Gasteiger partial charge in [-0.15, -0.1) is 0 Å². The molecule has 198 valence electrons. The Labute approximate surface area is 217 Å². The van der Waals surface area contributed by atoms with Gasteiger partial charge >= 0.3 is 6.01 Å². The first kappa shape index (κ1) is 25.4. The van der Waals surface area contributed by atoms with Gasteiger partial charge in [-0.1, -0.05) is 37.2 Å². The van der Waals surface area contributed by atoms with E-state index in [4.69, 9.17) is 15.0 Å². The lowest BCUT2D eigenvalue weighted by Crippen LogP contribution is -2.36. The van der Waals surface area contributed by atoms with Crippen LogP contribution < -0.4 is 20.3 Å². The van der Waals surface area contributed by atoms with Crippen molar-refractivity contribution in [1.82, 2.24) is 20.1 Å². The van der Waals surface area contributed by atoms with Crippen molar-refractivity contribution in [2.45, 2.75) is 51.5 Å². The summed E-state index contributed by atoms with van der Waals surface area (Å²) in [5, 5.41) is 4.01. The average molecular weight is 510 g/mol. The molecule has 0 saturated carbocycles. The molecule has 1 aromatic carbocycles. The van der Waals surface area contributed by atoms with Gasteiger partial charge in [0, 0.05) is 44.6 Å². The number of anilines is 2. The van der Waals surface area contributed by atoms with E-state index in [1.54, 1.807) is 24.5 Å². The van der Waals surface area contributed by atoms with Crippen molar-refractivity contribution < 1.29 is 13.7 Å². The third-order valence-electron chi connectivity index (χ3n) is 7.80. The summed E-state index contributed by atoms with van der Waals surface area (Å²) in [6.45, 7) is 8.00. The third kappa shape index (κ3) is 5.84. The Balaban J connectivity index is 1.06. The topological polar surface area (TPSA) is 106 Å². The molecule has 0 bridgehead atoms. The molecule has 2 fully saturated rings. The van der Waals surface area contributed by atoms with Crippen LogP contribution in [0.2, 0.25) is 0 Å². The maximum absolute atomic E-state index is 14.3. The molecule has 0 spiro atoms. The zero-order valence-corrected chi connectivity index (χ0v) is 21.6. The third-order valence-corrected chi connectivity index (χ3v) is 7.80.